The summed E-state index contributed by atoms with van der Waals surface area (Å²) in [6.45, 7) is 6.47. The van der Waals surface area contributed by atoms with Crippen LogP contribution in [0.15, 0.2) is 109 Å². The first kappa shape index (κ1) is 78.1. The second-order valence-electron chi connectivity index (χ2n) is 23.1. The van der Waals surface area contributed by atoms with E-state index in [4.69, 9.17) is 14.2 Å². The zero-order valence-electron chi connectivity index (χ0n) is 54.0. The Balaban J connectivity index is 4.42. The fourth-order valence-corrected chi connectivity index (χ4v) is 9.83. The molecule has 0 aromatic rings. The van der Waals surface area contributed by atoms with E-state index in [1.54, 1.807) is 0 Å². The molecule has 0 saturated heterocycles. The molecule has 470 valence electrons. The number of allylic oxidation sites excluding steroid dienone is 18. The molecule has 0 saturated carbocycles. The van der Waals surface area contributed by atoms with Crippen LogP contribution in [0.2, 0.25) is 0 Å². The van der Waals surface area contributed by atoms with Gasteiger partial charge in [-0.1, -0.05) is 329 Å². The van der Waals surface area contributed by atoms with E-state index in [0.717, 1.165) is 103 Å². The van der Waals surface area contributed by atoms with Crippen molar-refractivity contribution in [1.82, 2.24) is 0 Å². The Bertz CT molecular complexity index is 1640. The third-order valence-electron chi connectivity index (χ3n) is 15.0. The van der Waals surface area contributed by atoms with E-state index in [1.807, 2.05) is 6.08 Å². The molecule has 1 unspecified atom stereocenters. The van der Waals surface area contributed by atoms with Crippen LogP contribution in [0.25, 0.3) is 0 Å². The summed E-state index contributed by atoms with van der Waals surface area (Å²) in [4.78, 5) is 38.4. The molecule has 0 fully saturated rings. The van der Waals surface area contributed by atoms with E-state index in [0.29, 0.717) is 19.3 Å². The van der Waals surface area contributed by atoms with Gasteiger partial charge in [0.15, 0.2) is 6.10 Å². The van der Waals surface area contributed by atoms with Gasteiger partial charge >= 0.3 is 17.9 Å². The summed E-state index contributed by atoms with van der Waals surface area (Å²) >= 11 is 0. The van der Waals surface area contributed by atoms with Crippen LogP contribution in [-0.4, -0.2) is 37.2 Å². The lowest BCUT2D eigenvalue weighted by Gasteiger charge is -2.18. The third kappa shape index (κ3) is 66.9. The number of esters is 3. The maximum Gasteiger partial charge on any atom is 0.306 e. The maximum absolute atomic E-state index is 12.9. The minimum atomic E-state index is -0.827. The molecule has 0 amide bonds. The van der Waals surface area contributed by atoms with E-state index in [9.17, 15) is 14.4 Å². The minimum absolute atomic E-state index is 0.111. The van der Waals surface area contributed by atoms with Gasteiger partial charge in [-0.3, -0.25) is 14.4 Å². The van der Waals surface area contributed by atoms with Gasteiger partial charge in [0.05, 0.1) is 0 Å². The van der Waals surface area contributed by atoms with Gasteiger partial charge in [0.25, 0.3) is 0 Å². The Hall–Kier alpha value is -3.93. The molecule has 0 heterocycles. The summed E-state index contributed by atoms with van der Waals surface area (Å²) in [5, 5.41) is 0. The zero-order valence-corrected chi connectivity index (χ0v) is 54.0. The lowest BCUT2D eigenvalue weighted by Crippen LogP contribution is -2.30. The van der Waals surface area contributed by atoms with E-state index in [2.05, 4.69) is 124 Å². The van der Waals surface area contributed by atoms with E-state index < -0.39 is 12.1 Å². The third-order valence-corrected chi connectivity index (χ3v) is 15.0. The number of hydrogen-bond acceptors (Lipinski definition) is 6. The Morgan fingerprint density at radius 2 is 0.500 bits per heavy atom. The van der Waals surface area contributed by atoms with Crippen molar-refractivity contribution in [3.8, 4) is 0 Å². The van der Waals surface area contributed by atoms with Crippen molar-refractivity contribution in [3.63, 3.8) is 0 Å². The Morgan fingerprint density at radius 1 is 0.256 bits per heavy atom. The highest BCUT2D eigenvalue weighted by Gasteiger charge is 2.19. The highest BCUT2D eigenvalue weighted by atomic mass is 16.6. The lowest BCUT2D eigenvalue weighted by atomic mass is 10.0. The number of unbranched alkanes of at least 4 members (excludes halogenated alkanes) is 34. The fourth-order valence-electron chi connectivity index (χ4n) is 9.83. The molecular formula is C76H130O6. The quantitative estimate of drug-likeness (QED) is 0.0261. The van der Waals surface area contributed by atoms with Crippen molar-refractivity contribution in [2.24, 2.45) is 0 Å². The molecule has 0 aliphatic rings. The summed E-state index contributed by atoms with van der Waals surface area (Å²) in [6.07, 6.45) is 95.6. The Labute approximate surface area is 508 Å². The number of hydrogen-bond donors (Lipinski definition) is 0. The number of ether oxygens (including phenoxy) is 3. The SMILES string of the molecule is CC/C=C\C/C=C\C/C=C\C/C=C\C/C=C\C/C=C\CCC(=O)OC(COC(=O)CCCCCCCC/C=C\C/C=C\C/C=C\CCCCC)COC(=O)CCCCCCCCCCCCCCCCCCCCCCCCCCCC. The second-order valence-corrected chi connectivity index (χ2v) is 23.1. The van der Waals surface area contributed by atoms with Crippen LogP contribution < -0.4 is 0 Å². The fraction of sp³-hybridized carbons (Fsp3) is 0.724. The first-order valence-electron chi connectivity index (χ1n) is 34.9. The van der Waals surface area contributed by atoms with Gasteiger partial charge in [0, 0.05) is 19.3 Å². The molecule has 0 bridgehead atoms. The smallest absolute Gasteiger partial charge is 0.306 e. The van der Waals surface area contributed by atoms with Crippen molar-refractivity contribution >= 4 is 17.9 Å². The van der Waals surface area contributed by atoms with E-state index in [-0.39, 0.29) is 31.6 Å². The van der Waals surface area contributed by atoms with Gasteiger partial charge in [0.1, 0.15) is 13.2 Å². The van der Waals surface area contributed by atoms with Crippen LogP contribution in [0.1, 0.15) is 335 Å². The van der Waals surface area contributed by atoms with Crippen LogP contribution in [-0.2, 0) is 28.6 Å². The molecule has 0 N–H and O–H groups in total. The van der Waals surface area contributed by atoms with Crippen molar-refractivity contribution < 1.29 is 28.6 Å². The van der Waals surface area contributed by atoms with Crippen molar-refractivity contribution in [2.75, 3.05) is 13.2 Å². The first-order valence-corrected chi connectivity index (χ1v) is 34.9. The van der Waals surface area contributed by atoms with Crippen LogP contribution in [0.3, 0.4) is 0 Å². The largest absolute Gasteiger partial charge is 0.462 e. The van der Waals surface area contributed by atoms with E-state index >= 15 is 0 Å². The van der Waals surface area contributed by atoms with Gasteiger partial charge in [0.2, 0.25) is 0 Å². The maximum atomic E-state index is 12.9. The topological polar surface area (TPSA) is 78.9 Å². The van der Waals surface area contributed by atoms with Crippen molar-refractivity contribution in [2.45, 2.75) is 341 Å². The van der Waals surface area contributed by atoms with Crippen LogP contribution in [0, 0.1) is 0 Å². The highest BCUT2D eigenvalue weighted by Crippen LogP contribution is 2.17. The molecule has 1 atom stereocenters. The number of carbonyl (C=O) groups is 3. The molecule has 0 aliphatic carbocycles. The monoisotopic (exact) mass is 1140 g/mol. The predicted molar refractivity (Wildman–Crippen MR) is 357 cm³/mol. The first-order chi connectivity index (χ1) is 40.5. The highest BCUT2D eigenvalue weighted by molar-refractivity contribution is 5.71. The molecule has 0 aliphatic heterocycles. The minimum Gasteiger partial charge on any atom is -0.462 e. The van der Waals surface area contributed by atoms with Crippen molar-refractivity contribution in [1.29, 1.82) is 0 Å². The van der Waals surface area contributed by atoms with Crippen LogP contribution in [0.5, 0.6) is 0 Å². The standard InChI is InChI=1S/C76H130O6/c1-4-7-10-13-16-19-22-25-28-31-34-35-36-37-38-39-40-43-45-48-51-54-57-60-63-66-69-75(78)81-72-73(82-76(79)70-67-64-61-58-55-52-49-46-42-33-30-27-24-21-18-15-12-9-6-3)71-80-74(77)68-65-62-59-56-53-50-47-44-41-32-29-26-23-20-17-14-11-8-5-2/h9,12,17-18,20-21,26-27,29-30,41-42,44,46,52,55,61,64,73H,4-8,10-11,13-16,19,22-25,28,31-40,43,45,47-51,53-54,56-60,62-63,65-72H2,1-3H3/b12-9-,20-17-,21-18-,29-26-,30-27-,44-41-,46-42-,55-52-,64-61-. The Morgan fingerprint density at radius 3 is 0.817 bits per heavy atom. The zero-order chi connectivity index (χ0) is 59.2. The summed E-state index contributed by atoms with van der Waals surface area (Å²) in [5.74, 6) is -0.997. The molecule has 0 spiro atoms. The van der Waals surface area contributed by atoms with Gasteiger partial charge < -0.3 is 14.2 Å². The molecular weight excluding hydrogens is 1010 g/mol. The molecule has 0 radical (unpaired) electrons. The van der Waals surface area contributed by atoms with Crippen molar-refractivity contribution in [3.05, 3.63) is 109 Å². The summed E-state index contributed by atoms with van der Waals surface area (Å²) < 4.78 is 16.9. The molecule has 0 aromatic carbocycles. The molecule has 6 nitrogen and oxygen atoms in total. The molecule has 82 heavy (non-hydrogen) atoms. The number of carbonyl (C=O) groups excluding carboxylic acids is 3. The Kier molecular flexibility index (Phi) is 66.2. The van der Waals surface area contributed by atoms with Gasteiger partial charge in [-0.25, -0.2) is 0 Å². The van der Waals surface area contributed by atoms with E-state index in [1.165, 1.54) is 186 Å². The predicted octanol–water partition coefficient (Wildman–Crippen LogP) is 24.2. The summed E-state index contributed by atoms with van der Waals surface area (Å²) in [6, 6.07) is 0. The van der Waals surface area contributed by atoms with Gasteiger partial charge in [-0.15, -0.1) is 0 Å². The molecule has 0 aromatic heterocycles. The molecule has 0 rings (SSSR count). The van der Waals surface area contributed by atoms with Crippen LogP contribution in [0.4, 0.5) is 0 Å². The lowest BCUT2D eigenvalue weighted by molar-refractivity contribution is -0.166. The normalized spacial score (nSPS) is 12.8. The average Bonchev–Trinajstić information content (AvgIpc) is 3.48. The molecule has 6 heteroatoms. The average molecular weight is 1140 g/mol. The summed E-state index contributed by atoms with van der Waals surface area (Å²) in [5.41, 5.74) is 0. The number of rotatable bonds is 63. The van der Waals surface area contributed by atoms with Gasteiger partial charge in [-0.05, 0) is 96.3 Å². The second kappa shape index (κ2) is 69.6. The van der Waals surface area contributed by atoms with Gasteiger partial charge in [-0.2, -0.15) is 0 Å². The van der Waals surface area contributed by atoms with Crippen LogP contribution >= 0.6 is 0 Å². The summed E-state index contributed by atoms with van der Waals surface area (Å²) in [7, 11) is 0.